The van der Waals surface area contributed by atoms with Crippen LogP contribution in [-0.2, 0) is 4.74 Å². The first kappa shape index (κ1) is 1.82. The molecular formula is C3H3O. The SMILES string of the molecule is [CH]=C1CO1. The van der Waals surface area contributed by atoms with Gasteiger partial charge in [-0.15, -0.1) is 0 Å². The topological polar surface area (TPSA) is 12.5 Å². The van der Waals surface area contributed by atoms with Crippen LogP contribution in [0.3, 0.4) is 0 Å². The molecule has 1 fully saturated rings. The largest absolute Gasteiger partial charge is 0.486 e. The van der Waals surface area contributed by atoms with Crippen LogP contribution in [0.15, 0.2) is 5.76 Å². The molecule has 4 heavy (non-hydrogen) atoms. The van der Waals surface area contributed by atoms with Crippen molar-refractivity contribution in [2.75, 3.05) is 6.61 Å². The van der Waals surface area contributed by atoms with Crippen molar-refractivity contribution in [2.45, 2.75) is 0 Å². The van der Waals surface area contributed by atoms with Crippen LogP contribution in [0.1, 0.15) is 0 Å². The molecule has 1 heterocycles. The minimum absolute atomic E-state index is 0.667. The lowest BCUT2D eigenvalue weighted by atomic mass is 10.8. The van der Waals surface area contributed by atoms with E-state index < -0.39 is 0 Å². The first-order valence-electron chi connectivity index (χ1n) is 1.14. The van der Waals surface area contributed by atoms with Gasteiger partial charge in [0.2, 0.25) is 0 Å². The second-order valence-corrected chi connectivity index (χ2v) is 0.755. The number of ether oxygens (including phenoxy) is 1. The summed E-state index contributed by atoms with van der Waals surface area (Å²) in [6.45, 7) is 5.60. The van der Waals surface area contributed by atoms with Crippen LogP contribution in [0.5, 0.6) is 0 Å². The van der Waals surface area contributed by atoms with Gasteiger partial charge in [0, 0.05) is 0 Å². The molecule has 1 radical (unpaired) electrons. The lowest BCUT2D eigenvalue weighted by Crippen LogP contribution is -1.22. The van der Waals surface area contributed by atoms with E-state index in [1.54, 1.807) is 0 Å². The Kier molecular flexibility index (Phi) is 0.133. The Labute approximate surface area is 24.9 Å². The van der Waals surface area contributed by atoms with Gasteiger partial charge in [0.25, 0.3) is 0 Å². The van der Waals surface area contributed by atoms with Crippen molar-refractivity contribution in [1.82, 2.24) is 0 Å². The van der Waals surface area contributed by atoms with Crippen molar-refractivity contribution >= 4 is 0 Å². The fourth-order valence-corrected chi connectivity index (χ4v) is 0.0417. The number of hydrogen-bond donors (Lipinski definition) is 0. The third-order valence-electron chi connectivity index (χ3n) is 0.311. The Bertz CT molecular complexity index is 41.2. The van der Waals surface area contributed by atoms with Crippen molar-refractivity contribution in [2.24, 2.45) is 0 Å². The van der Waals surface area contributed by atoms with Crippen molar-refractivity contribution in [1.29, 1.82) is 0 Å². The second-order valence-electron chi connectivity index (χ2n) is 0.755. The van der Waals surface area contributed by atoms with E-state index in [1.807, 2.05) is 0 Å². The highest BCUT2D eigenvalue weighted by Crippen LogP contribution is 2.07. The summed E-state index contributed by atoms with van der Waals surface area (Å²) < 4.78 is 4.40. The molecule has 1 saturated heterocycles. The third-order valence-corrected chi connectivity index (χ3v) is 0.311. The maximum absolute atomic E-state index is 4.92. The lowest BCUT2D eigenvalue weighted by Gasteiger charge is -1.38. The molecule has 0 amide bonds. The molecule has 0 saturated carbocycles. The normalized spacial score (nSPS) is 19.5. The van der Waals surface area contributed by atoms with Crippen molar-refractivity contribution in [3.63, 3.8) is 0 Å². The summed E-state index contributed by atoms with van der Waals surface area (Å²) in [5.41, 5.74) is 0. The zero-order valence-corrected chi connectivity index (χ0v) is 2.19. The van der Waals surface area contributed by atoms with Gasteiger partial charge in [-0.05, 0) is 6.58 Å². The van der Waals surface area contributed by atoms with Crippen molar-refractivity contribution in [3.8, 4) is 0 Å². The Morgan fingerprint density at radius 2 is 2.25 bits per heavy atom. The molecular weight excluding hydrogens is 52.0 g/mol. The molecule has 0 bridgehead atoms. The molecule has 21 valence electrons. The van der Waals surface area contributed by atoms with Gasteiger partial charge < -0.3 is 4.74 Å². The molecule has 1 heteroatoms. The van der Waals surface area contributed by atoms with Gasteiger partial charge in [-0.2, -0.15) is 0 Å². The third kappa shape index (κ3) is 0.0696. The van der Waals surface area contributed by atoms with Crippen molar-refractivity contribution < 1.29 is 4.74 Å². The summed E-state index contributed by atoms with van der Waals surface area (Å²) in [7, 11) is 0. The van der Waals surface area contributed by atoms with Gasteiger partial charge >= 0.3 is 0 Å². The summed E-state index contributed by atoms with van der Waals surface area (Å²) in [5.74, 6) is 0.667. The van der Waals surface area contributed by atoms with E-state index in [2.05, 4.69) is 4.74 Å². The predicted octanol–water partition coefficient (Wildman–Crippen LogP) is 0.333. The summed E-state index contributed by atoms with van der Waals surface area (Å²) in [5, 5.41) is 0. The molecule has 1 aliphatic heterocycles. The fraction of sp³-hybridized carbons (Fsp3) is 0.333. The van der Waals surface area contributed by atoms with Crippen LogP contribution < -0.4 is 0 Å². The first-order valence-corrected chi connectivity index (χ1v) is 1.14. The molecule has 1 nitrogen and oxygen atoms in total. The fourth-order valence-electron chi connectivity index (χ4n) is 0.0417. The van der Waals surface area contributed by atoms with E-state index in [4.69, 9.17) is 6.58 Å². The molecule has 0 aromatic carbocycles. The second kappa shape index (κ2) is 0.292. The molecule has 0 N–H and O–H groups in total. The Morgan fingerprint density at radius 1 is 2.00 bits per heavy atom. The molecule has 0 aromatic heterocycles. The summed E-state index contributed by atoms with van der Waals surface area (Å²) in [6, 6.07) is 0. The summed E-state index contributed by atoms with van der Waals surface area (Å²) >= 11 is 0. The number of hydrogen-bond acceptors (Lipinski definition) is 1. The van der Waals surface area contributed by atoms with Crippen LogP contribution in [0.4, 0.5) is 0 Å². The quantitative estimate of drug-likeness (QED) is 0.364. The van der Waals surface area contributed by atoms with Gasteiger partial charge in [-0.1, -0.05) is 0 Å². The number of rotatable bonds is 0. The van der Waals surface area contributed by atoms with E-state index in [9.17, 15) is 0 Å². The minimum Gasteiger partial charge on any atom is -0.486 e. The molecule has 1 aliphatic rings. The predicted molar refractivity (Wildman–Crippen MR) is 13.8 cm³/mol. The van der Waals surface area contributed by atoms with Gasteiger partial charge in [0.1, 0.15) is 12.4 Å². The van der Waals surface area contributed by atoms with Crippen LogP contribution in [0.2, 0.25) is 0 Å². The van der Waals surface area contributed by atoms with E-state index in [1.165, 1.54) is 0 Å². The molecule has 0 spiro atoms. The Morgan fingerprint density at radius 3 is 2.25 bits per heavy atom. The van der Waals surface area contributed by atoms with E-state index in [0.717, 1.165) is 0 Å². The maximum atomic E-state index is 4.92. The maximum Gasteiger partial charge on any atom is 0.145 e. The van der Waals surface area contributed by atoms with Crippen LogP contribution in [0, 0.1) is 6.58 Å². The zero-order chi connectivity index (χ0) is 2.99. The Hall–Kier alpha value is -0.460. The zero-order valence-electron chi connectivity index (χ0n) is 2.19. The van der Waals surface area contributed by atoms with Gasteiger partial charge in [0.05, 0.1) is 0 Å². The van der Waals surface area contributed by atoms with Crippen LogP contribution in [0.25, 0.3) is 0 Å². The van der Waals surface area contributed by atoms with Crippen LogP contribution in [-0.4, -0.2) is 6.61 Å². The standard InChI is InChI=1S/C3H3O/c1-3-2-4-3/h1H,2H2. The molecule has 0 aromatic rings. The highest BCUT2D eigenvalue weighted by Gasteiger charge is 2.05. The lowest BCUT2D eigenvalue weighted by molar-refractivity contribution is 0.510. The average Bonchev–Trinajstić information content (AvgIpc) is 1.75. The molecule has 1 rings (SSSR count). The Balaban J connectivity index is 2.60. The van der Waals surface area contributed by atoms with E-state index >= 15 is 0 Å². The first-order chi connectivity index (χ1) is 1.89. The highest BCUT2D eigenvalue weighted by atomic mass is 16.6. The summed E-state index contributed by atoms with van der Waals surface area (Å²) in [4.78, 5) is 0. The van der Waals surface area contributed by atoms with Gasteiger partial charge in [-0.25, -0.2) is 0 Å². The highest BCUT2D eigenvalue weighted by molar-refractivity contribution is 4.91. The monoisotopic (exact) mass is 55.0 g/mol. The molecule has 0 atom stereocenters. The van der Waals surface area contributed by atoms with Crippen LogP contribution >= 0.6 is 0 Å². The minimum atomic E-state index is 0.667. The average molecular weight is 55.1 g/mol. The molecule has 0 unspecified atom stereocenters. The van der Waals surface area contributed by atoms with Gasteiger partial charge in [-0.3, -0.25) is 0 Å². The van der Waals surface area contributed by atoms with Crippen molar-refractivity contribution in [3.05, 3.63) is 12.3 Å². The smallest absolute Gasteiger partial charge is 0.145 e. The number of epoxide rings is 1. The van der Waals surface area contributed by atoms with E-state index in [0.29, 0.717) is 12.4 Å². The summed E-state index contributed by atoms with van der Waals surface area (Å²) in [6.07, 6.45) is 0. The van der Waals surface area contributed by atoms with E-state index in [-0.39, 0.29) is 0 Å². The molecule has 0 aliphatic carbocycles. The van der Waals surface area contributed by atoms with Gasteiger partial charge in [0.15, 0.2) is 0 Å².